The van der Waals surface area contributed by atoms with Crippen LogP contribution < -0.4 is 4.72 Å². The van der Waals surface area contributed by atoms with Gasteiger partial charge in [0.2, 0.25) is 10.0 Å². The summed E-state index contributed by atoms with van der Waals surface area (Å²) in [5, 5.41) is 0. The first-order chi connectivity index (χ1) is 9.35. The van der Waals surface area contributed by atoms with Crippen LogP contribution >= 0.6 is 11.3 Å². The number of sulfonamides is 1. The number of fused-ring (bicyclic) bond motifs is 3. The van der Waals surface area contributed by atoms with E-state index in [0.29, 0.717) is 5.92 Å². The third kappa shape index (κ3) is 2.33. The summed E-state index contributed by atoms with van der Waals surface area (Å²) in [5.41, 5.74) is 1.34. The van der Waals surface area contributed by atoms with Crippen molar-refractivity contribution >= 4 is 32.2 Å². The first kappa shape index (κ1) is 13.6. The Labute approximate surface area is 120 Å². The van der Waals surface area contributed by atoms with Gasteiger partial charge >= 0.3 is 0 Å². The van der Waals surface area contributed by atoms with Crippen LogP contribution in [0.3, 0.4) is 0 Å². The third-order valence-corrected chi connectivity index (χ3v) is 5.34. The maximum Gasteiger partial charge on any atom is 0.284 e. The minimum Gasteiger partial charge on any atom is -0.294 e. The van der Waals surface area contributed by atoms with Gasteiger partial charge in [-0.3, -0.25) is 9.20 Å². The highest BCUT2D eigenvalue weighted by atomic mass is 32.2. The lowest BCUT2D eigenvalue weighted by Crippen LogP contribution is -2.29. The lowest BCUT2D eigenvalue weighted by atomic mass is 9.93. The SMILES string of the molecule is CC1CCCc2c1sc1nc(C(=O)NS(C)(=O)=O)cn21. The van der Waals surface area contributed by atoms with Crippen LogP contribution in [0.1, 0.15) is 46.7 Å². The van der Waals surface area contributed by atoms with Crippen LogP contribution in [0.15, 0.2) is 6.20 Å². The summed E-state index contributed by atoms with van der Waals surface area (Å²) >= 11 is 1.59. The second kappa shape index (κ2) is 4.56. The molecule has 0 aliphatic heterocycles. The summed E-state index contributed by atoms with van der Waals surface area (Å²) in [4.78, 5) is 18.1. The summed E-state index contributed by atoms with van der Waals surface area (Å²) < 4.78 is 26.0. The smallest absolute Gasteiger partial charge is 0.284 e. The van der Waals surface area contributed by atoms with Crippen molar-refractivity contribution in [3.05, 3.63) is 22.5 Å². The van der Waals surface area contributed by atoms with Gasteiger partial charge in [-0.05, 0) is 25.2 Å². The molecule has 1 unspecified atom stereocenters. The Kier molecular flexibility index (Phi) is 3.09. The fourth-order valence-corrected chi connectivity index (χ4v) is 4.25. The number of amides is 1. The Morgan fingerprint density at radius 2 is 2.30 bits per heavy atom. The highest BCUT2D eigenvalue weighted by molar-refractivity contribution is 7.89. The van der Waals surface area contributed by atoms with E-state index in [0.717, 1.165) is 24.1 Å². The molecule has 0 saturated carbocycles. The van der Waals surface area contributed by atoms with Crippen molar-refractivity contribution < 1.29 is 13.2 Å². The molecule has 0 radical (unpaired) electrons. The molecule has 0 aromatic carbocycles. The lowest BCUT2D eigenvalue weighted by Gasteiger charge is -2.17. The Bertz CT molecular complexity index is 788. The summed E-state index contributed by atoms with van der Waals surface area (Å²) in [7, 11) is -3.56. The van der Waals surface area contributed by atoms with Crippen molar-refractivity contribution in [1.29, 1.82) is 0 Å². The Balaban J connectivity index is 2.01. The number of thiazole rings is 1. The predicted molar refractivity (Wildman–Crippen MR) is 76.7 cm³/mol. The zero-order valence-electron chi connectivity index (χ0n) is 11.2. The van der Waals surface area contributed by atoms with Crippen molar-refractivity contribution in [3.63, 3.8) is 0 Å². The molecule has 2 aromatic rings. The van der Waals surface area contributed by atoms with Crippen LogP contribution in [0.5, 0.6) is 0 Å². The van der Waals surface area contributed by atoms with E-state index in [4.69, 9.17) is 0 Å². The molecule has 20 heavy (non-hydrogen) atoms. The summed E-state index contributed by atoms with van der Waals surface area (Å²) in [6.45, 7) is 2.20. The molecular formula is C12H15N3O3S2. The third-order valence-electron chi connectivity index (χ3n) is 3.46. The average molecular weight is 313 g/mol. The van der Waals surface area contributed by atoms with Crippen LogP contribution in [-0.2, 0) is 16.4 Å². The first-order valence-corrected chi connectivity index (χ1v) is 9.09. The molecule has 0 bridgehead atoms. The summed E-state index contributed by atoms with van der Waals surface area (Å²) in [5.74, 6) is -0.153. The van der Waals surface area contributed by atoms with Crippen LogP contribution in [0, 0.1) is 0 Å². The van der Waals surface area contributed by atoms with Gasteiger partial charge in [0.05, 0.1) is 6.26 Å². The Hall–Kier alpha value is -1.41. The van der Waals surface area contributed by atoms with E-state index in [2.05, 4.69) is 11.9 Å². The largest absolute Gasteiger partial charge is 0.294 e. The number of nitrogens with zero attached hydrogens (tertiary/aromatic N) is 2. The summed E-state index contributed by atoms with van der Waals surface area (Å²) in [6, 6.07) is 0. The van der Waals surface area contributed by atoms with Gasteiger partial charge in [-0.15, -0.1) is 11.3 Å². The zero-order valence-corrected chi connectivity index (χ0v) is 12.8. The fraction of sp³-hybridized carbons (Fsp3) is 0.500. The van der Waals surface area contributed by atoms with Crippen molar-refractivity contribution in [2.75, 3.05) is 6.26 Å². The molecule has 0 fully saturated rings. The maximum absolute atomic E-state index is 11.8. The molecule has 108 valence electrons. The fourth-order valence-electron chi connectivity index (χ4n) is 2.57. The van der Waals surface area contributed by atoms with Gasteiger partial charge in [0.25, 0.3) is 5.91 Å². The number of rotatable bonds is 2. The van der Waals surface area contributed by atoms with Crippen molar-refractivity contribution in [2.24, 2.45) is 0 Å². The van der Waals surface area contributed by atoms with Gasteiger partial charge in [0.1, 0.15) is 5.69 Å². The highest BCUT2D eigenvalue weighted by Gasteiger charge is 2.24. The van der Waals surface area contributed by atoms with Gasteiger partial charge in [-0.25, -0.2) is 18.1 Å². The Morgan fingerprint density at radius 1 is 1.55 bits per heavy atom. The molecule has 1 aliphatic rings. The van der Waals surface area contributed by atoms with E-state index in [-0.39, 0.29) is 5.69 Å². The van der Waals surface area contributed by atoms with Gasteiger partial charge in [0, 0.05) is 16.8 Å². The molecule has 3 rings (SSSR count). The molecule has 1 aliphatic carbocycles. The van der Waals surface area contributed by atoms with Gasteiger partial charge in [-0.2, -0.15) is 0 Å². The van der Waals surface area contributed by atoms with Crippen LogP contribution in [0.4, 0.5) is 0 Å². The van der Waals surface area contributed by atoms with Gasteiger partial charge < -0.3 is 0 Å². The normalized spacial score (nSPS) is 19.0. The molecule has 8 heteroatoms. The molecular weight excluding hydrogens is 298 g/mol. The maximum atomic E-state index is 11.8. The minimum absolute atomic E-state index is 0.141. The average Bonchev–Trinajstić information content (AvgIpc) is 2.85. The molecule has 2 aromatic heterocycles. The lowest BCUT2D eigenvalue weighted by molar-refractivity contribution is 0.0977. The van der Waals surface area contributed by atoms with E-state index in [1.165, 1.54) is 17.0 Å². The van der Waals surface area contributed by atoms with E-state index < -0.39 is 15.9 Å². The monoisotopic (exact) mass is 313 g/mol. The molecule has 6 nitrogen and oxygen atoms in total. The number of aromatic nitrogens is 2. The van der Waals surface area contributed by atoms with E-state index in [1.54, 1.807) is 17.5 Å². The van der Waals surface area contributed by atoms with Crippen LogP contribution in [0.2, 0.25) is 0 Å². The molecule has 1 N–H and O–H groups in total. The number of hydrogen-bond donors (Lipinski definition) is 1. The van der Waals surface area contributed by atoms with Crippen molar-refractivity contribution in [1.82, 2.24) is 14.1 Å². The Morgan fingerprint density at radius 3 is 3.00 bits per heavy atom. The number of carbonyl (C=O) groups is 1. The van der Waals surface area contributed by atoms with E-state index in [9.17, 15) is 13.2 Å². The topological polar surface area (TPSA) is 80.5 Å². The standard InChI is InChI=1S/C12H15N3O3S2/c1-7-4-3-5-9-10(7)19-12-13-8(6-15(9)12)11(16)14-20(2,17)18/h6-7H,3-5H2,1-2H3,(H,14,16). The number of imidazole rings is 1. The zero-order chi connectivity index (χ0) is 14.5. The van der Waals surface area contributed by atoms with Crippen molar-refractivity contribution in [2.45, 2.75) is 32.1 Å². The predicted octanol–water partition coefficient (Wildman–Crippen LogP) is 1.53. The van der Waals surface area contributed by atoms with Gasteiger partial charge in [0.15, 0.2) is 4.96 Å². The number of carbonyl (C=O) groups excluding carboxylic acids is 1. The van der Waals surface area contributed by atoms with Crippen molar-refractivity contribution in [3.8, 4) is 0 Å². The van der Waals surface area contributed by atoms with Crippen LogP contribution in [0.25, 0.3) is 4.96 Å². The number of nitrogens with one attached hydrogen (secondary N) is 1. The van der Waals surface area contributed by atoms with Crippen LogP contribution in [-0.4, -0.2) is 30.0 Å². The molecule has 1 atom stereocenters. The quantitative estimate of drug-likeness (QED) is 0.911. The molecule has 0 spiro atoms. The second-order valence-corrected chi connectivity index (χ2v) is 7.95. The van der Waals surface area contributed by atoms with E-state index >= 15 is 0 Å². The van der Waals surface area contributed by atoms with Gasteiger partial charge in [-0.1, -0.05) is 6.92 Å². The molecule has 2 heterocycles. The number of hydrogen-bond acceptors (Lipinski definition) is 5. The molecule has 1 amide bonds. The first-order valence-electron chi connectivity index (χ1n) is 6.38. The summed E-state index contributed by atoms with van der Waals surface area (Å²) in [6.07, 6.45) is 5.86. The second-order valence-electron chi connectivity index (χ2n) is 5.19. The van der Waals surface area contributed by atoms with E-state index in [1.807, 2.05) is 9.12 Å². The highest BCUT2D eigenvalue weighted by Crippen LogP contribution is 2.37. The molecule has 0 saturated heterocycles. The minimum atomic E-state index is -3.56. The number of aryl methyl sites for hydroxylation is 1.